The first-order valence-electron chi connectivity index (χ1n) is 3.92. The summed E-state index contributed by atoms with van der Waals surface area (Å²) < 4.78 is 0. The van der Waals surface area contributed by atoms with Gasteiger partial charge in [-0.1, -0.05) is 18.2 Å². The summed E-state index contributed by atoms with van der Waals surface area (Å²) in [6.07, 6.45) is 0.639. The highest BCUT2D eigenvalue weighted by molar-refractivity contribution is 5.47. The fourth-order valence-electron chi connectivity index (χ4n) is 1.13. The second-order valence-electron chi connectivity index (χ2n) is 2.72. The van der Waals surface area contributed by atoms with Crippen LogP contribution in [0.1, 0.15) is 11.4 Å². The summed E-state index contributed by atoms with van der Waals surface area (Å²) >= 11 is 0. The lowest BCUT2D eigenvalue weighted by atomic mass is 10.1. The molecule has 3 N–H and O–H groups in total. The van der Waals surface area contributed by atoms with Crippen LogP contribution in [0.4, 0.5) is 5.69 Å². The molecule has 0 spiro atoms. The van der Waals surface area contributed by atoms with Crippen LogP contribution in [0.15, 0.2) is 24.3 Å². The molecule has 0 atom stereocenters. The Labute approximate surface area is 75.0 Å². The van der Waals surface area contributed by atoms with Crippen LogP contribution in [-0.4, -0.2) is 20.6 Å². The Kier molecular flexibility index (Phi) is 1.91. The summed E-state index contributed by atoms with van der Waals surface area (Å²) in [5.74, 6) is 0.720. The molecule has 5 nitrogen and oxygen atoms in total. The van der Waals surface area contributed by atoms with Crippen LogP contribution in [0.2, 0.25) is 0 Å². The zero-order valence-electron chi connectivity index (χ0n) is 6.94. The van der Waals surface area contributed by atoms with Crippen molar-refractivity contribution in [3.8, 4) is 0 Å². The average Bonchev–Trinajstić information content (AvgIpc) is 2.61. The Hall–Kier alpha value is -1.91. The summed E-state index contributed by atoms with van der Waals surface area (Å²) in [5.41, 5.74) is 7.55. The third kappa shape index (κ3) is 1.64. The quantitative estimate of drug-likeness (QED) is 0.646. The molecular weight excluding hydrogens is 166 g/mol. The lowest BCUT2D eigenvalue weighted by Crippen LogP contribution is -1.96. The predicted octanol–water partition coefficient (Wildman–Crippen LogP) is 0.373. The Bertz CT molecular complexity index is 381. The highest BCUT2D eigenvalue weighted by Gasteiger charge is 2.01. The number of para-hydroxylation sites is 1. The van der Waals surface area contributed by atoms with Crippen molar-refractivity contribution in [2.24, 2.45) is 0 Å². The Morgan fingerprint density at radius 1 is 1.31 bits per heavy atom. The van der Waals surface area contributed by atoms with E-state index in [1.165, 1.54) is 0 Å². The van der Waals surface area contributed by atoms with Gasteiger partial charge in [0.1, 0.15) is 0 Å². The van der Waals surface area contributed by atoms with E-state index in [2.05, 4.69) is 20.6 Å². The van der Waals surface area contributed by atoms with E-state index in [-0.39, 0.29) is 0 Å². The third-order valence-corrected chi connectivity index (χ3v) is 1.80. The van der Waals surface area contributed by atoms with E-state index in [0.717, 1.165) is 17.1 Å². The molecule has 13 heavy (non-hydrogen) atoms. The topological polar surface area (TPSA) is 80.5 Å². The van der Waals surface area contributed by atoms with Gasteiger partial charge < -0.3 is 5.73 Å². The first kappa shape index (κ1) is 7.72. The number of anilines is 1. The normalized spacial score (nSPS) is 10.2. The van der Waals surface area contributed by atoms with Crippen molar-refractivity contribution in [2.75, 3.05) is 5.73 Å². The average molecular weight is 175 g/mol. The summed E-state index contributed by atoms with van der Waals surface area (Å²) in [5, 5.41) is 13.4. The number of nitrogen functional groups attached to an aromatic ring is 1. The number of tetrazole rings is 1. The van der Waals surface area contributed by atoms with Crippen LogP contribution >= 0.6 is 0 Å². The van der Waals surface area contributed by atoms with Gasteiger partial charge in [0, 0.05) is 12.1 Å². The van der Waals surface area contributed by atoms with E-state index in [1.807, 2.05) is 24.3 Å². The number of H-pyrrole nitrogens is 1. The van der Waals surface area contributed by atoms with Crippen molar-refractivity contribution in [1.82, 2.24) is 20.6 Å². The van der Waals surface area contributed by atoms with E-state index in [9.17, 15) is 0 Å². The van der Waals surface area contributed by atoms with Crippen LogP contribution in [0.25, 0.3) is 0 Å². The van der Waals surface area contributed by atoms with E-state index in [0.29, 0.717) is 6.42 Å². The number of rotatable bonds is 2. The van der Waals surface area contributed by atoms with Crippen LogP contribution in [0.3, 0.4) is 0 Å². The molecule has 0 fully saturated rings. The Morgan fingerprint density at radius 3 is 2.85 bits per heavy atom. The van der Waals surface area contributed by atoms with Crippen molar-refractivity contribution in [3.63, 3.8) is 0 Å². The number of aromatic nitrogens is 4. The minimum atomic E-state index is 0.639. The van der Waals surface area contributed by atoms with Gasteiger partial charge in [0.05, 0.1) is 0 Å². The van der Waals surface area contributed by atoms with Crippen molar-refractivity contribution in [2.45, 2.75) is 6.42 Å². The smallest absolute Gasteiger partial charge is 0.152 e. The molecule has 0 aliphatic heterocycles. The maximum atomic E-state index is 5.75. The number of nitrogens with zero attached hydrogens (tertiary/aromatic N) is 3. The van der Waals surface area contributed by atoms with Gasteiger partial charge in [0.15, 0.2) is 5.82 Å². The number of hydrogen-bond donors (Lipinski definition) is 2. The van der Waals surface area contributed by atoms with Crippen LogP contribution in [-0.2, 0) is 6.42 Å². The number of aromatic amines is 1. The third-order valence-electron chi connectivity index (χ3n) is 1.80. The van der Waals surface area contributed by atoms with Crippen LogP contribution in [0, 0.1) is 0 Å². The largest absolute Gasteiger partial charge is 0.398 e. The van der Waals surface area contributed by atoms with E-state index < -0.39 is 0 Å². The van der Waals surface area contributed by atoms with Crippen molar-refractivity contribution in [1.29, 1.82) is 0 Å². The fraction of sp³-hybridized carbons (Fsp3) is 0.125. The SMILES string of the molecule is Nc1ccccc1Cc1nnn[nH]1. The molecule has 0 saturated heterocycles. The lowest BCUT2D eigenvalue weighted by molar-refractivity contribution is 0.881. The molecule has 0 bridgehead atoms. The first-order chi connectivity index (χ1) is 6.36. The maximum absolute atomic E-state index is 5.75. The van der Waals surface area contributed by atoms with Crippen LogP contribution < -0.4 is 5.73 Å². The maximum Gasteiger partial charge on any atom is 0.152 e. The second-order valence-corrected chi connectivity index (χ2v) is 2.72. The molecule has 66 valence electrons. The van der Waals surface area contributed by atoms with Gasteiger partial charge in [0.25, 0.3) is 0 Å². The summed E-state index contributed by atoms with van der Waals surface area (Å²) in [4.78, 5) is 0. The van der Waals surface area contributed by atoms with E-state index in [1.54, 1.807) is 0 Å². The molecule has 1 heterocycles. The molecule has 0 saturated carbocycles. The van der Waals surface area contributed by atoms with E-state index >= 15 is 0 Å². The summed E-state index contributed by atoms with van der Waals surface area (Å²) in [7, 11) is 0. The van der Waals surface area contributed by atoms with Gasteiger partial charge in [-0.05, 0) is 22.1 Å². The van der Waals surface area contributed by atoms with Crippen molar-refractivity contribution < 1.29 is 0 Å². The Balaban J connectivity index is 2.24. The standard InChI is InChI=1S/C8H9N5/c9-7-4-2-1-3-6(7)5-8-10-12-13-11-8/h1-4H,5,9H2,(H,10,11,12,13). The molecule has 2 aromatic rings. The van der Waals surface area contributed by atoms with Gasteiger partial charge in [-0.25, -0.2) is 5.10 Å². The highest BCUT2D eigenvalue weighted by Crippen LogP contribution is 2.12. The molecular formula is C8H9N5. The zero-order valence-corrected chi connectivity index (χ0v) is 6.94. The minimum Gasteiger partial charge on any atom is -0.398 e. The number of hydrogen-bond acceptors (Lipinski definition) is 4. The predicted molar refractivity (Wildman–Crippen MR) is 47.8 cm³/mol. The number of nitrogens with one attached hydrogen (secondary N) is 1. The number of benzene rings is 1. The molecule has 1 aromatic carbocycles. The molecule has 1 aromatic heterocycles. The van der Waals surface area contributed by atoms with Crippen molar-refractivity contribution >= 4 is 5.69 Å². The molecule has 2 rings (SSSR count). The molecule has 0 radical (unpaired) electrons. The molecule has 0 amide bonds. The van der Waals surface area contributed by atoms with Gasteiger partial charge >= 0.3 is 0 Å². The van der Waals surface area contributed by atoms with Gasteiger partial charge in [-0.2, -0.15) is 0 Å². The summed E-state index contributed by atoms with van der Waals surface area (Å²) in [6.45, 7) is 0. The minimum absolute atomic E-state index is 0.639. The molecule has 0 aliphatic carbocycles. The summed E-state index contributed by atoms with van der Waals surface area (Å²) in [6, 6.07) is 7.66. The molecule has 0 aliphatic rings. The van der Waals surface area contributed by atoms with E-state index in [4.69, 9.17) is 5.73 Å². The first-order valence-corrected chi connectivity index (χ1v) is 3.92. The fourth-order valence-corrected chi connectivity index (χ4v) is 1.13. The lowest BCUT2D eigenvalue weighted by Gasteiger charge is -2.00. The zero-order chi connectivity index (χ0) is 9.10. The molecule has 0 unspecified atom stereocenters. The van der Waals surface area contributed by atoms with Gasteiger partial charge in [-0.15, -0.1) is 5.10 Å². The van der Waals surface area contributed by atoms with Crippen LogP contribution in [0.5, 0.6) is 0 Å². The van der Waals surface area contributed by atoms with Crippen molar-refractivity contribution in [3.05, 3.63) is 35.7 Å². The monoisotopic (exact) mass is 175 g/mol. The van der Waals surface area contributed by atoms with Gasteiger partial charge in [-0.3, -0.25) is 0 Å². The second kappa shape index (κ2) is 3.22. The number of nitrogens with two attached hydrogens (primary N) is 1. The highest BCUT2D eigenvalue weighted by atomic mass is 15.5. The van der Waals surface area contributed by atoms with Gasteiger partial charge in [0.2, 0.25) is 0 Å². The molecule has 5 heteroatoms. The Morgan fingerprint density at radius 2 is 2.15 bits per heavy atom.